The molecule has 3 nitrogen and oxygen atoms in total. The zero-order valence-corrected chi connectivity index (χ0v) is 12.5. The summed E-state index contributed by atoms with van der Waals surface area (Å²) in [6.45, 7) is 3.92. The standard InChI is InChI=1S/C14H19BrFNO2/c1-14(18,8-12-9-19-5-4-17-12)7-10-6-11(16)2-3-13(10)15/h2-3,6,12,17-18H,4-5,7-9H2,1H3. The van der Waals surface area contributed by atoms with Gasteiger partial charge in [-0.05, 0) is 37.1 Å². The van der Waals surface area contributed by atoms with Crippen molar-refractivity contribution in [2.45, 2.75) is 31.4 Å². The monoisotopic (exact) mass is 331 g/mol. The Morgan fingerprint density at radius 3 is 3.05 bits per heavy atom. The number of halogens is 2. The third-order valence-electron chi connectivity index (χ3n) is 3.26. The van der Waals surface area contributed by atoms with Crippen molar-refractivity contribution in [2.24, 2.45) is 0 Å². The zero-order valence-electron chi connectivity index (χ0n) is 11.0. The van der Waals surface area contributed by atoms with Crippen LogP contribution in [0.3, 0.4) is 0 Å². The van der Waals surface area contributed by atoms with Crippen molar-refractivity contribution in [3.63, 3.8) is 0 Å². The van der Waals surface area contributed by atoms with Gasteiger partial charge in [-0.1, -0.05) is 15.9 Å². The molecule has 1 aliphatic heterocycles. The Balaban J connectivity index is 2.00. The molecular formula is C14H19BrFNO2. The summed E-state index contributed by atoms with van der Waals surface area (Å²) in [6, 6.07) is 4.68. The molecule has 1 fully saturated rings. The van der Waals surface area contributed by atoms with Crippen LogP contribution in [0.15, 0.2) is 22.7 Å². The topological polar surface area (TPSA) is 41.5 Å². The molecule has 2 rings (SSSR count). The molecule has 0 bridgehead atoms. The summed E-state index contributed by atoms with van der Waals surface area (Å²) < 4.78 is 19.4. The van der Waals surface area contributed by atoms with E-state index in [0.29, 0.717) is 26.1 Å². The van der Waals surface area contributed by atoms with Crippen molar-refractivity contribution in [1.82, 2.24) is 5.32 Å². The highest BCUT2D eigenvalue weighted by atomic mass is 79.9. The molecule has 0 spiro atoms. The molecule has 106 valence electrons. The molecule has 19 heavy (non-hydrogen) atoms. The van der Waals surface area contributed by atoms with Gasteiger partial charge in [0.05, 0.1) is 18.8 Å². The maximum atomic E-state index is 13.2. The van der Waals surface area contributed by atoms with E-state index in [0.717, 1.165) is 16.6 Å². The van der Waals surface area contributed by atoms with E-state index in [1.807, 2.05) is 0 Å². The lowest BCUT2D eigenvalue weighted by Gasteiger charge is -2.31. The molecule has 1 aliphatic rings. The first-order valence-electron chi connectivity index (χ1n) is 6.44. The van der Waals surface area contributed by atoms with Crippen LogP contribution in [-0.2, 0) is 11.2 Å². The van der Waals surface area contributed by atoms with E-state index >= 15 is 0 Å². The van der Waals surface area contributed by atoms with Gasteiger partial charge in [0, 0.05) is 23.5 Å². The van der Waals surface area contributed by atoms with Crippen molar-refractivity contribution in [1.29, 1.82) is 0 Å². The summed E-state index contributed by atoms with van der Waals surface area (Å²) in [5.74, 6) is -0.284. The molecule has 1 aromatic rings. The van der Waals surface area contributed by atoms with Crippen LogP contribution in [0.2, 0.25) is 0 Å². The first-order chi connectivity index (χ1) is 8.96. The number of hydrogen-bond acceptors (Lipinski definition) is 3. The van der Waals surface area contributed by atoms with Gasteiger partial charge in [-0.3, -0.25) is 0 Å². The van der Waals surface area contributed by atoms with E-state index in [1.165, 1.54) is 12.1 Å². The predicted molar refractivity (Wildman–Crippen MR) is 75.7 cm³/mol. The molecule has 1 heterocycles. The average Bonchev–Trinajstić information content (AvgIpc) is 2.34. The Hall–Kier alpha value is -0.490. The summed E-state index contributed by atoms with van der Waals surface area (Å²) >= 11 is 3.39. The van der Waals surface area contributed by atoms with Crippen molar-refractivity contribution in [3.8, 4) is 0 Å². The molecule has 0 aliphatic carbocycles. The van der Waals surface area contributed by atoms with Crippen LogP contribution in [-0.4, -0.2) is 36.5 Å². The zero-order chi connectivity index (χ0) is 13.9. The van der Waals surface area contributed by atoms with E-state index < -0.39 is 5.60 Å². The highest BCUT2D eigenvalue weighted by Gasteiger charge is 2.27. The lowest BCUT2D eigenvalue weighted by Crippen LogP contribution is -2.46. The Kier molecular flexibility index (Phi) is 4.95. The lowest BCUT2D eigenvalue weighted by molar-refractivity contribution is 0.00639. The summed E-state index contributed by atoms with van der Waals surface area (Å²) in [6.07, 6.45) is 0.986. The Morgan fingerprint density at radius 1 is 1.58 bits per heavy atom. The Morgan fingerprint density at radius 2 is 2.37 bits per heavy atom. The maximum absolute atomic E-state index is 13.2. The van der Waals surface area contributed by atoms with Gasteiger partial charge >= 0.3 is 0 Å². The molecule has 0 amide bonds. The van der Waals surface area contributed by atoms with E-state index in [4.69, 9.17) is 4.74 Å². The van der Waals surface area contributed by atoms with Gasteiger partial charge in [-0.15, -0.1) is 0 Å². The second-order valence-corrected chi connectivity index (χ2v) is 6.19. The Labute approximate surface area is 121 Å². The number of morpholine rings is 1. The number of hydrogen-bond donors (Lipinski definition) is 2. The maximum Gasteiger partial charge on any atom is 0.123 e. The van der Waals surface area contributed by atoms with Crippen LogP contribution >= 0.6 is 15.9 Å². The van der Waals surface area contributed by atoms with Crippen LogP contribution in [0, 0.1) is 5.82 Å². The van der Waals surface area contributed by atoms with Crippen molar-refractivity contribution in [2.75, 3.05) is 19.8 Å². The minimum atomic E-state index is -0.894. The minimum absolute atomic E-state index is 0.149. The molecular weight excluding hydrogens is 313 g/mol. The molecule has 0 saturated carbocycles. The summed E-state index contributed by atoms with van der Waals surface area (Å²) in [5, 5.41) is 13.8. The molecule has 2 N–H and O–H groups in total. The van der Waals surface area contributed by atoms with Gasteiger partial charge in [0.1, 0.15) is 5.82 Å². The SMILES string of the molecule is CC(O)(Cc1cc(F)ccc1Br)CC1COCCN1. The van der Waals surface area contributed by atoms with Crippen LogP contribution in [0.4, 0.5) is 4.39 Å². The fraction of sp³-hybridized carbons (Fsp3) is 0.571. The van der Waals surface area contributed by atoms with Crippen molar-refractivity contribution >= 4 is 15.9 Å². The first-order valence-corrected chi connectivity index (χ1v) is 7.23. The van der Waals surface area contributed by atoms with Gasteiger partial charge in [0.2, 0.25) is 0 Å². The van der Waals surface area contributed by atoms with Gasteiger partial charge in [0.25, 0.3) is 0 Å². The highest BCUT2D eigenvalue weighted by Crippen LogP contribution is 2.25. The molecule has 1 aromatic carbocycles. The second kappa shape index (κ2) is 6.31. The van der Waals surface area contributed by atoms with E-state index in [-0.39, 0.29) is 11.9 Å². The molecule has 1 saturated heterocycles. The molecule has 2 atom stereocenters. The number of rotatable bonds is 4. The summed E-state index contributed by atoms with van der Waals surface area (Å²) in [5.41, 5.74) is -0.115. The molecule has 0 radical (unpaired) electrons. The van der Waals surface area contributed by atoms with E-state index in [2.05, 4.69) is 21.2 Å². The van der Waals surface area contributed by atoms with Gasteiger partial charge in [-0.25, -0.2) is 4.39 Å². The molecule has 2 unspecified atom stereocenters. The number of nitrogens with one attached hydrogen (secondary N) is 1. The number of ether oxygens (including phenoxy) is 1. The average molecular weight is 332 g/mol. The number of benzene rings is 1. The van der Waals surface area contributed by atoms with E-state index in [9.17, 15) is 9.50 Å². The quantitative estimate of drug-likeness (QED) is 0.889. The van der Waals surface area contributed by atoms with Gasteiger partial charge in [-0.2, -0.15) is 0 Å². The largest absolute Gasteiger partial charge is 0.390 e. The van der Waals surface area contributed by atoms with Crippen molar-refractivity contribution in [3.05, 3.63) is 34.1 Å². The van der Waals surface area contributed by atoms with Crippen LogP contribution in [0.5, 0.6) is 0 Å². The minimum Gasteiger partial charge on any atom is -0.390 e. The summed E-state index contributed by atoms with van der Waals surface area (Å²) in [7, 11) is 0. The summed E-state index contributed by atoms with van der Waals surface area (Å²) in [4.78, 5) is 0. The van der Waals surface area contributed by atoms with E-state index in [1.54, 1.807) is 13.0 Å². The first kappa shape index (κ1) is 14.9. The van der Waals surface area contributed by atoms with Crippen LogP contribution < -0.4 is 5.32 Å². The van der Waals surface area contributed by atoms with Crippen molar-refractivity contribution < 1.29 is 14.2 Å². The third-order valence-corrected chi connectivity index (χ3v) is 4.04. The van der Waals surface area contributed by atoms with Gasteiger partial charge < -0.3 is 15.2 Å². The Bertz CT molecular complexity index is 433. The number of aliphatic hydroxyl groups is 1. The second-order valence-electron chi connectivity index (χ2n) is 5.34. The van der Waals surface area contributed by atoms with Gasteiger partial charge in [0.15, 0.2) is 0 Å². The van der Waals surface area contributed by atoms with Crippen LogP contribution in [0.1, 0.15) is 18.9 Å². The highest BCUT2D eigenvalue weighted by molar-refractivity contribution is 9.10. The molecule has 5 heteroatoms. The fourth-order valence-electron chi connectivity index (χ4n) is 2.44. The predicted octanol–water partition coefficient (Wildman–Crippen LogP) is 2.26. The normalized spacial score (nSPS) is 23.1. The van der Waals surface area contributed by atoms with Crippen LogP contribution in [0.25, 0.3) is 0 Å². The fourth-order valence-corrected chi connectivity index (χ4v) is 2.83. The third kappa shape index (κ3) is 4.53. The molecule has 0 aromatic heterocycles. The smallest absolute Gasteiger partial charge is 0.123 e. The lowest BCUT2D eigenvalue weighted by atomic mass is 9.89.